The number of aliphatic hydroxyl groups excluding tert-OH is 1. The smallest absolute Gasteiger partial charge is 0.462 e. The van der Waals surface area contributed by atoms with E-state index in [2.05, 4.69) is 174 Å². The second-order valence-corrected chi connectivity index (χ2v) is 29.1. The molecule has 5 atom stereocenters. The summed E-state index contributed by atoms with van der Waals surface area (Å²) in [6, 6.07) is 0. The van der Waals surface area contributed by atoms with Crippen molar-refractivity contribution in [2.24, 2.45) is 0 Å². The molecule has 0 aromatic rings. The SMILES string of the molecule is CC/C=C\C/C=C\C/C=C\C/C=C\CCCCCCCCC(=O)OCC(COP(=O)(O)OCC(O)COP(=O)(O)OCC(COC(=O)CCCCCCCCC/C=C\C/C=C\C/C=C\CC)OC(=O)CCCCCCC/C=C\C/C=C\C/C=C\CC)OC(=O)CCCCCCC/C=C\C/C=C\CCC. The Kier molecular flexibility index (Phi) is 72.4. The van der Waals surface area contributed by atoms with Crippen LogP contribution in [0.15, 0.2) is 146 Å². The average molecular weight is 1500 g/mol. The summed E-state index contributed by atoms with van der Waals surface area (Å²) in [5, 5.41) is 10.6. The molecule has 5 unspecified atom stereocenters. The minimum absolute atomic E-state index is 0.0693. The molecule has 0 aliphatic heterocycles. The van der Waals surface area contributed by atoms with Gasteiger partial charge in [-0.1, -0.05) is 276 Å². The number of carbonyl (C=O) groups excluding carboxylic acids is 4. The Morgan fingerprint density at radius 1 is 0.279 bits per heavy atom. The second kappa shape index (κ2) is 76.1. The second-order valence-electron chi connectivity index (χ2n) is 26.2. The molecule has 0 aromatic carbocycles. The van der Waals surface area contributed by atoms with Crippen LogP contribution in [0.5, 0.6) is 0 Å². The summed E-state index contributed by atoms with van der Waals surface area (Å²) in [4.78, 5) is 73.1. The Morgan fingerprint density at radius 3 is 0.769 bits per heavy atom. The molecule has 594 valence electrons. The van der Waals surface area contributed by atoms with Crippen LogP contribution in [0.2, 0.25) is 0 Å². The monoisotopic (exact) mass is 1500 g/mol. The highest BCUT2D eigenvalue weighted by atomic mass is 31.2. The number of carbonyl (C=O) groups is 4. The van der Waals surface area contributed by atoms with Gasteiger partial charge in [0.05, 0.1) is 26.4 Å². The van der Waals surface area contributed by atoms with Gasteiger partial charge in [-0.05, 0) is 154 Å². The van der Waals surface area contributed by atoms with Crippen LogP contribution < -0.4 is 0 Å². The highest BCUT2D eigenvalue weighted by Gasteiger charge is 2.30. The van der Waals surface area contributed by atoms with Crippen molar-refractivity contribution >= 4 is 39.5 Å². The lowest BCUT2D eigenvalue weighted by Gasteiger charge is -2.21. The molecule has 0 saturated carbocycles. The number of phosphoric acid groups is 2. The van der Waals surface area contributed by atoms with Crippen LogP contribution in [0.4, 0.5) is 0 Å². The summed E-state index contributed by atoms with van der Waals surface area (Å²) >= 11 is 0. The number of unbranched alkanes of at least 4 members (excludes halogenated alkanes) is 24. The third-order valence-electron chi connectivity index (χ3n) is 16.3. The van der Waals surface area contributed by atoms with Crippen molar-refractivity contribution in [3.05, 3.63) is 146 Å². The van der Waals surface area contributed by atoms with E-state index in [0.29, 0.717) is 25.7 Å². The quantitative estimate of drug-likeness (QED) is 0.0169. The van der Waals surface area contributed by atoms with Gasteiger partial charge in [-0.3, -0.25) is 37.3 Å². The molecule has 0 aromatic heterocycles. The van der Waals surface area contributed by atoms with Gasteiger partial charge in [-0.25, -0.2) is 9.13 Å². The maximum Gasteiger partial charge on any atom is 0.472 e. The Morgan fingerprint density at radius 2 is 0.500 bits per heavy atom. The third kappa shape index (κ3) is 75.2. The maximum atomic E-state index is 13.1. The van der Waals surface area contributed by atoms with Crippen LogP contribution >= 0.6 is 15.6 Å². The number of esters is 4. The summed E-state index contributed by atoms with van der Waals surface area (Å²) in [5.41, 5.74) is 0. The molecule has 104 heavy (non-hydrogen) atoms. The van der Waals surface area contributed by atoms with Gasteiger partial charge in [-0.15, -0.1) is 0 Å². The van der Waals surface area contributed by atoms with Gasteiger partial charge in [-0.2, -0.15) is 0 Å². The van der Waals surface area contributed by atoms with E-state index in [1.807, 2.05) is 0 Å². The Bertz CT molecular complexity index is 2540. The van der Waals surface area contributed by atoms with Crippen molar-refractivity contribution in [3.8, 4) is 0 Å². The number of phosphoric ester groups is 2. The van der Waals surface area contributed by atoms with Crippen molar-refractivity contribution in [2.75, 3.05) is 39.6 Å². The molecule has 3 N–H and O–H groups in total. The molecular weight excluding hydrogens is 1350 g/mol. The fourth-order valence-corrected chi connectivity index (χ4v) is 11.9. The number of hydrogen-bond donors (Lipinski definition) is 3. The molecule has 19 heteroatoms. The van der Waals surface area contributed by atoms with Crippen LogP contribution in [0.3, 0.4) is 0 Å². The van der Waals surface area contributed by atoms with E-state index in [1.54, 1.807) is 0 Å². The van der Waals surface area contributed by atoms with Crippen LogP contribution in [0, 0.1) is 0 Å². The van der Waals surface area contributed by atoms with E-state index < -0.39 is 97.5 Å². The predicted molar refractivity (Wildman–Crippen MR) is 427 cm³/mol. The highest BCUT2D eigenvalue weighted by Crippen LogP contribution is 2.45. The standard InChI is InChI=1S/C85H142O17P2/c1-5-9-13-17-21-25-29-33-36-38-39-41-44-47-50-54-58-62-66-70-83(88)95-75-80(101-84(89)71-67-63-59-55-51-45-32-28-24-20-16-12-8-4)77-99-103(91,92)97-73-79(86)74-98-104(93,94)100-78-81(102-85(90)72-68-64-60-56-52-48-42-35-31-27-23-19-15-11-7-3)76-96-82(87)69-65-61-57-53-49-46-43-40-37-34-30-26-22-18-14-10-6-2/h9-11,13-16,20-23,25-28,32-37,39,41-42,79-81,86H,5-8,12,17-19,24,29-31,38,40,43-78H2,1-4H3,(H,91,92)(H,93,94)/b13-9-,14-10-,15-11-,20-16-,25-21-,26-22-,27-23-,32-28-,36-33-,37-34-,41-39-,42-35-. The lowest BCUT2D eigenvalue weighted by atomic mass is 10.1. The fraction of sp³-hybridized carbons (Fsp3) is 0.671. The van der Waals surface area contributed by atoms with Gasteiger partial charge >= 0.3 is 39.5 Å². The first-order valence-corrected chi connectivity index (χ1v) is 43.1. The average Bonchev–Trinajstić information content (AvgIpc) is 0.939. The minimum atomic E-state index is -4.99. The van der Waals surface area contributed by atoms with E-state index in [0.717, 1.165) is 231 Å². The maximum absolute atomic E-state index is 13.1. The molecule has 0 bridgehead atoms. The summed E-state index contributed by atoms with van der Waals surface area (Å²) in [7, 11) is -9.98. The zero-order valence-electron chi connectivity index (χ0n) is 64.9. The van der Waals surface area contributed by atoms with Crippen molar-refractivity contribution in [2.45, 2.75) is 329 Å². The van der Waals surface area contributed by atoms with E-state index in [4.69, 9.17) is 37.0 Å². The largest absolute Gasteiger partial charge is 0.472 e. The van der Waals surface area contributed by atoms with Gasteiger partial charge in [0.1, 0.15) is 19.3 Å². The first-order chi connectivity index (χ1) is 50.7. The molecule has 0 spiro atoms. The van der Waals surface area contributed by atoms with Crippen LogP contribution in [0.1, 0.15) is 310 Å². The van der Waals surface area contributed by atoms with Gasteiger partial charge in [0.15, 0.2) is 12.2 Å². The number of allylic oxidation sites excluding steroid dienone is 24. The molecule has 17 nitrogen and oxygen atoms in total. The Labute approximate surface area is 630 Å². The third-order valence-corrected chi connectivity index (χ3v) is 18.2. The molecule has 0 saturated heterocycles. The molecular formula is C85H142O17P2. The molecule has 0 radical (unpaired) electrons. The minimum Gasteiger partial charge on any atom is -0.462 e. The fourth-order valence-electron chi connectivity index (χ4n) is 10.3. The first-order valence-electron chi connectivity index (χ1n) is 40.1. The number of aliphatic hydroxyl groups is 1. The van der Waals surface area contributed by atoms with Gasteiger partial charge < -0.3 is 33.8 Å². The van der Waals surface area contributed by atoms with Crippen LogP contribution in [-0.4, -0.2) is 96.7 Å². The molecule has 0 aliphatic rings. The lowest BCUT2D eigenvalue weighted by Crippen LogP contribution is -2.30. The van der Waals surface area contributed by atoms with Crippen molar-refractivity contribution in [1.82, 2.24) is 0 Å². The van der Waals surface area contributed by atoms with Gasteiger partial charge in [0.2, 0.25) is 0 Å². The number of ether oxygens (including phenoxy) is 4. The van der Waals surface area contributed by atoms with E-state index in [-0.39, 0.29) is 25.7 Å². The summed E-state index contributed by atoms with van der Waals surface area (Å²) < 4.78 is 68.6. The van der Waals surface area contributed by atoms with E-state index in [1.165, 1.54) is 0 Å². The highest BCUT2D eigenvalue weighted by molar-refractivity contribution is 7.47. The zero-order chi connectivity index (χ0) is 76.0. The summed E-state index contributed by atoms with van der Waals surface area (Å²) in [6.45, 7) is 4.42. The molecule has 0 amide bonds. The van der Waals surface area contributed by atoms with E-state index >= 15 is 0 Å². The van der Waals surface area contributed by atoms with Crippen LogP contribution in [-0.2, 0) is 65.4 Å². The Balaban J connectivity index is 5.38. The van der Waals surface area contributed by atoms with Gasteiger partial charge in [0, 0.05) is 25.7 Å². The normalized spacial score (nSPS) is 14.6. The van der Waals surface area contributed by atoms with Crippen LogP contribution in [0.25, 0.3) is 0 Å². The number of rotatable bonds is 74. The molecule has 0 heterocycles. The first kappa shape index (κ1) is 98.9. The zero-order valence-corrected chi connectivity index (χ0v) is 66.7. The predicted octanol–water partition coefficient (Wildman–Crippen LogP) is 23.4. The Hall–Kier alpha value is -5.06. The van der Waals surface area contributed by atoms with Crippen molar-refractivity contribution in [1.29, 1.82) is 0 Å². The molecule has 0 fully saturated rings. The van der Waals surface area contributed by atoms with E-state index in [9.17, 15) is 43.2 Å². The van der Waals surface area contributed by atoms with Crippen molar-refractivity contribution < 1.29 is 80.2 Å². The van der Waals surface area contributed by atoms with Crippen molar-refractivity contribution in [3.63, 3.8) is 0 Å². The topological polar surface area (TPSA) is 237 Å². The molecule has 0 aliphatic carbocycles. The summed E-state index contributed by atoms with van der Waals surface area (Å²) in [6.07, 6.45) is 86.8. The lowest BCUT2D eigenvalue weighted by molar-refractivity contribution is -0.161. The van der Waals surface area contributed by atoms with Gasteiger partial charge in [0.25, 0.3) is 0 Å². The summed E-state index contributed by atoms with van der Waals surface area (Å²) in [5.74, 6) is -2.24. The number of hydrogen-bond acceptors (Lipinski definition) is 15. The molecule has 0 rings (SSSR count).